The number of cyclic esters (lactones) is 1. The van der Waals surface area contributed by atoms with Crippen LogP contribution in [0.5, 0.6) is 0 Å². The second-order valence-electron chi connectivity index (χ2n) is 8.09. The summed E-state index contributed by atoms with van der Waals surface area (Å²) in [6, 6.07) is 0. The Labute approximate surface area is 176 Å². The summed E-state index contributed by atoms with van der Waals surface area (Å²) in [5.41, 5.74) is 0.475. The van der Waals surface area contributed by atoms with Gasteiger partial charge in [-0.3, -0.25) is 9.05 Å². The van der Waals surface area contributed by atoms with E-state index < -0.39 is 7.82 Å². The molecule has 7 heteroatoms. The highest BCUT2D eigenvalue weighted by Crippen LogP contribution is 2.55. The second-order valence-corrected chi connectivity index (χ2v) is 9.68. The zero-order valence-corrected chi connectivity index (χ0v) is 19.2. The van der Waals surface area contributed by atoms with Gasteiger partial charge >= 0.3 is 13.8 Å². The normalized spacial score (nSPS) is 24.2. The Bertz CT molecular complexity index is 574. The molecule has 168 valence electrons. The van der Waals surface area contributed by atoms with Gasteiger partial charge in [-0.15, -0.1) is 0 Å². The second kappa shape index (κ2) is 13.5. The maximum atomic E-state index is 12.9. The molecule has 6 nitrogen and oxygen atoms in total. The minimum atomic E-state index is -3.67. The molecule has 0 saturated carbocycles. The van der Waals surface area contributed by atoms with E-state index in [2.05, 4.69) is 6.92 Å². The van der Waals surface area contributed by atoms with Gasteiger partial charge in [-0.05, 0) is 12.8 Å². The molecule has 1 fully saturated rings. The van der Waals surface area contributed by atoms with Crippen molar-refractivity contribution in [2.75, 3.05) is 19.8 Å². The fraction of sp³-hybridized carbons (Fsp3) is 0.864. The number of carbonyl (C=O) groups is 1. The number of phosphoric acid groups is 1. The molecule has 0 radical (unpaired) electrons. The molecule has 0 N–H and O–H groups in total. The maximum Gasteiger partial charge on any atom is 0.529 e. The van der Waals surface area contributed by atoms with Crippen LogP contribution in [-0.2, 0) is 27.7 Å². The average Bonchev–Trinajstić information content (AvgIpc) is 3.00. The molecule has 29 heavy (non-hydrogen) atoms. The maximum absolute atomic E-state index is 12.9. The van der Waals surface area contributed by atoms with Crippen molar-refractivity contribution in [3.05, 3.63) is 11.3 Å². The van der Waals surface area contributed by atoms with Crippen LogP contribution in [-0.4, -0.2) is 25.8 Å². The number of hydrogen-bond acceptors (Lipinski definition) is 6. The third kappa shape index (κ3) is 8.43. The first kappa shape index (κ1) is 24.4. The largest absolute Gasteiger partial charge is 0.529 e. The highest BCUT2D eigenvalue weighted by Gasteiger charge is 2.43. The van der Waals surface area contributed by atoms with E-state index in [0.29, 0.717) is 24.4 Å². The number of rotatable bonds is 15. The van der Waals surface area contributed by atoms with Gasteiger partial charge in [0, 0.05) is 6.42 Å². The van der Waals surface area contributed by atoms with E-state index in [1.165, 1.54) is 57.8 Å². The minimum Gasteiger partial charge on any atom is -0.461 e. The van der Waals surface area contributed by atoms with Gasteiger partial charge in [0.2, 0.25) is 0 Å². The first-order chi connectivity index (χ1) is 14.1. The van der Waals surface area contributed by atoms with Crippen LogP contribution < -0.4 is 0 Å². The van der Waals surface area contributed by atoms with Crippen molar-refractivity contribution < 1.29 is 27.7 Å². The number of hydrogen-bond donors (Lipinski definition) is 0. The number of esters is 1. The standard InChI is InChI=1S/C22H39O6P/c1-3-5-6-7-8-9-10-11-12-13-14-16-26-29(24)27-18-19-17-25-22(23)21(19)20(28-29)15-4-2/h19H,3-18H2,1-2H3/t19-,29+/m0/s1. The van der Waals surface area contributed by atoms with Crippen LogP contribution in [0.2, 0.25) is 0 Å². The van der Waals surface area contributed by atoms with Gasteiger partial charge in [-0.2, -0.15) is 0 Å². The summed E-state index contributed by atoms with van der Waals surface area (Å²) in [6.07, 6.45) is 15.0. The lowest BCUT2D eigenvalue weighted by molar-refractivity contribution is -0.135. The lowest BCUT2D eigenvalue weighted by Gasteiger charge is -2.18. The number of phosphoric ester groups is 1. The minimum absolute atomic E-state index is 0.129. The summed E-state index contributed by atoms with van der Waals surface area (Å²) in [4.78, 5) is 12.0. The van der Waals surface area contributed by atoms with Crippen LogP contribution in [0.4, 0.5) is 0 Å². The predicted molar refractivity (Wildman–Crippen MR) is 113 cm³/mol. The lowest BCUT2D eigenvalue weighted by Crippen LogP contribution is -2.10. The van der Waals surface area contributed by atoms with Crippen LogP contribution in [0.25, 0.3) is 0 Å². The molecule has 1 saturated heterocycles. The SMILES string of the molecule is CCCCCCCCCCCCCO[P@]1(=O)OC[C@@H]2COC(=O)C2=C(CCC)O1. The van der Waals surface area contributed by atoms with Gasteiger partial charge in [0.15, 0.2) is 0 Å². The summed E-state index contributed by atoms with van der Waals surface area (Å²) in [7, 11) is -3.67. The molecule has 2 aliphatic heterocycles. The zero-order valence-electron chi connectivity index (χ0n) is 18.3. The van der Waals surface area contributed by atoms with Gasteiger partial charge in [-0.1, -0.05) is 78.1 Å². The third-order valence-electron chi connectivity index (χ3n) is 5.47. The number of fused-ring (bicyclic) bond motifs is 1. The molecular formula is C22H39O6P. The fourth-order valence-electron chi connectivity index (χ4n) is 3.78. The number of unbranched alkanes of at least 4 members (excludes halogenated alkanes) is 10. The Hall–Kier alpha value is -0.840. The molecular weight excluding hydrogens is 391 g/mol. The van der Waals surface area contributed by atoms with Crippen molar-refractivity contribution in [3.8, 4) is 0 Å². The Kier molecular flexibility index (Phi) is 11.3. The molecule has 2 heterocycles. The summed E-state index contributed by atoms with van der Waals surface area (Å²) in [5.74, 6) is -0.189. The summed E-state index contributed by atoms with van der Waals surface area (Å²) in [5, 5.41) is 0. The van der Waals surface area contributed by atoms with E-state index in [9.17, 15) is 9.36 Å². The van der Waals surface area contributed by atoms with Crippen LogP contribution in [0.15, 0.2) is 11.3 Å². The quantitative estimate of drug-likeness (QED) is 0.164. The van der Waals surface area contributed by atoms with Crippen LogP contribution >= 0.6 is 7.82 Å². The van der Waals surface area contributed by atoms with E-state index in [1.54, 1.807) is 0 Å². The zero-order chi connectivity index (χ0) is 21.0. The average molecular weight is 431 g/mol. The third-order valence-corrected chi connectivity index (χ3v) is 6.88. The van der Waals surface area contributed by atoms with Crippen molar-refractivity contribution in [2.24, 2.45) is 5.92 Å². The smallest absolute Gasteiger partial charge is 0.461 e. The molecule has 0 amide bonds. The van der Waals surface area contributed by atoms with Crippen LogP contribution in [0, 0.1) is 5.92 Å². The fourth-order valence-corrected chi connectivity index (χ4v) is 5.14. The van der Waals surface area contributed by atoms with Gasteiger partial charge in [0.25, 0.3) is 0 Å². The molecule has 0 aliphatic carbocycles. The van der Waals surface area contributed by atoms with E-state index in [-0.39, 0.29) is 25.1 Å². The Morgan fingerprint density at radius 2 is 1.52 bits per heavy atom. The molecule has 0 unspecified atom stereocenters. The van der Waals surface area contributed by atoms with E-state index in [0.717, 1.165) is 19.3 Å². The molecule has 0 aromatic heterocycles. The Balaban J connectivity index is 1.62. The van der Waals surface area contributed by atoms with Crippen molar-refractivity contribution in [3.63, 3.8) is 0 Å². The lowest BCUT2D eigenvalue weighted by atomic mass is 10.0. The number of ether oxygens (including phenoxy) is 1. The molecule has 2 aliphatic rings. The van der Waals surface area contributed by atoms with E-state index >= 15 is 0 Å². The predicted octanol–water partition coefficient (Wildman–Crippen LogP) is 6.70. The first-order valence-electron chi connectivity index (χ1n) is 11.6. The van der Waals surface area contributed by atoms with Crippen molar-refractivity contribution in [1.82, 2.24) is 0 Å². The summed E-state index contributed by atoms with van der Waals surface area (Å²) >= 11 is 0. The monoisotopic (exact) mass is 430 g/mol. The van der Waals surface area contributed by atoms with Gasteiger partial charge < -0.3 is 9.26 Å². The van der Waals surface area contributed by atoms with Gasteiger partial charge in [-0.25, -0.2) is 9.36 Å². The molecule has 2 atom stereocenters. The number of carbonyl (C=O) groups excluding carboxylic acids is 1. The number of allylic oxidation sites excluding steroid dienone is 1. The van der Waals surface area contributed by atoms with Crippen molar-refractivity contribution >= 4 is 13.8 Å². The molecule has 0 aromatic rings. The summed E-state index contributed by atoms with van der Waals surface area (Å²) < 4.78 is 34.6. The van der Waals surface area contributed by atoms with Crippen LogP contribution in [0.1, 0.15) is 97.3 Å². The van der Waals surface area contributed by atoms with Crippen molar-refractivity contribution in [2.45, 2.75) is 97.3 Å². The first-order valence-corrected chi connectivity index (χ1v) is 13.0. The van der Waals surface area contributed by atoms with Gasteiger partial charge in [0.05, 0.1) is 24.7 Å². The van der Waals surface area contributed by atoms with Gasteiger partial charge in [0.1, 0.15) is 12.4 Å². The van der Waals surface area contributed by atoms with Crippen LogP contribution in [0.3, 0.4) is 0 Å². The topological polar surface area (TPSA) is 71.1 Å². The Morgan fingerprint density at radius 3 is 2.14 bits per heavy atom. The molecule has 0 bridgehead atoms. The molecule has 0 spiro atoms. The van der Waals surface area contributed by atoms with E-state index in [1.807, 2.05) is 6.92 Å². The van der Waals surface area contributed by atoms with E-state index in [4.69, 9.17) is 18.3 Å². The highest BCUT2D eigenvalue weighted by atomic mass is 31.2. The van der Waals surface area contributed by atoms with Crippen molar-refractivity contribution in [1.29, 1.82) is 0 Å². The molecule has 0 aromatic carbocycles. The Morgan fingerprint density at radius 1 is 0.897 bits per heavy atom. The highest BCUT2D eigenvalue weighted by molar-refractivity contribution is 7.48. The molecule has 2 rings (SSSR count). The summed E-state index contributed by atoms with van der Waals surface area (Å²) in [6.45, 7) is 4.96.